The van der Waals surface area contributed by atoms with E-state index in [-0.39, 0.29) is 17.3 Å². The van der Waals surface area contributed by atoms with Crippen molar-refractivity contribution in [1.29, 1.82) is 0 Å². The maximum absolute atomic E-state index is 13.2. The van der Waals surface area contributed by atoms with E-state index in [9.17, 15) is 13.6 Å². The molecule has 0 unspecified atom stereocenters. The number of nitrogens with zero attached hydrogens (tertiary/aromatic N) is 4. The van der Waals surface area contributed by atoms with Gasteiger partial charge in [0.25, 0.3) is 12.3 Å². The third-order valence-electron chi connectivity index (χ3n) is 3.63. The first-order valence-corrected chi connectivity index (χ1v) is 7.59. The highest BCUT2D eigenvalue weighted by molar-refractivity contribution is 5.93. The van der Waals surface area contributed by atoms with Crippen molar-refractivity contribution < 1.29 is 13.6 Å². The van der Waals surface area contributed by atoms with Crippen molar-refractivity contribution in [3.05, 3.63) is 66.1 Å². The molecule has 0 aliphatic carbocycles. The third-order valence-corrected chi connectivity index (χ3v) is 3.63. The van der Waals surface area contributed by atoms with Crippen LogP contribution >= 0.6 is 0 Å². The zero-order valence-electron chi connectivity index (χ0n) is 13.7. The van der Waals surface area contributed by atoms with Crippen LogP contribution in [0.1, 0.15) is 22.6 Å². The van der Waals surface area contributed by atoms with Gasteiger partial charge >= 0.3 is 0 Å². The smallest absolute Gasteiger partial charge is 0.282 e. The average molecular weight is 342 g/mol. The Balaban J connectivity index is 2.14. The van der Waals surface area contributed by atoms with Gasteiger partial charge in [-0.1, -0.05) is 18.2 Å². The molecule has 0 aliphatic rings. The second kappa shape index (κ2) is 6.80. The molecule has 7 heteroatoms. The minimum atomic E-state index is -2.69. The van der Waals surface area contributed by atoms with Gasteiger partial charge in [0.2, 0.25) is 0 Å². The summed E-state index contributed by atoms with van der Waals surface area (Å²) in [4.78, 5) is 17.6. The van der Waals surface area contributed by atoms with Crippen molar-refractivity contribution in [2.24, 2.45) is 0 Å². The van der Waals surface area contributed by atoms with Crippen LogP contribution in [0.15, 0.2) is 54.7 Å². The van der Waals surface area contributed by atoms with Crippen molar-refractivity contribution in [3.63, 3.8) is 0 Å². The summed E-state index contributed by atoms with van der Waals surface area (Å²) in [7, 11) is 3.25. The molecule has 0 aliphatic heterocycles. The summed E-state index contributed by atoms with van der Waals surface area (Å²) < 4.78 is 27.8. The number of amides is 1. The second-order valence-electron chi connectivity index (χ2n) is 5.63. The highest BCUT2D eigenvalue weighted by Gasteiger charge is 2.19. The highest BCUT2D eigenvalue weighted by atomic mass is 19.3. The summed E-state index contributed by atoms with van der Waals surface area (Å²) >= 11 is 0. The highest BCUT2D eigenvalue weighted by Crippen LogP contribution is 2.28. The number of hydrogen-bond donors (Lipinski definition) is 0. The lowest BCUT2D eigenvalue weighted by Crippen LogP contribution is -2.22. The molecule has 3 aromatic rings. The van der Waals surface area contributed by atoms with Gasteiger partial charge in [-0.25, -0.2) is 13.5 Å². The van der Waals surface area contributed by atoms with Crippen LogP contribution in [0.25, 0.3) is 16.9 Å². The number of rotatable bonds is 4. The molecule has 25 heavy (non-hydrogen) atoms. The second-order valence-corrected chi connectivity index (χ2v) is 5.63. The largest absolute Gasteiger partial charge is 0.343 e. The maximum atomic E-state index is 13.2. The van der Waals surface area contributed by atoms with E-state index < -0.39 is 6.43 Å². The molecule has 0 spiro atoms. The zero-order chi connectivity index (χ0) is 18.0. The lowest BCUT2D eigenvalue weighted by molar-refractivity contribution is 0.0822. The Hall–Kier alpha value is -3.09. The molecule has 0 saturated carbocycles. The lowest BCUT2D eigenvalue weighted by atomic mass is 10.1. The van der Waals surface area contributed by atoms with E-state index in [1.54, 1.807) is 50.5 Å². The van der Waals surface area contributed by atoms with E-state index in [0.29, 0.717) is 16.9 Å². The fraction of sp³-hybridized carbons (Fsp3) is 0.167. The van der Waals surface area contributed by atoms with Crippen LogP contribution in [0, 0.1) is 0 Å². The minimum Gasteiger partial charge on any atom is -0.343 e. The number of halogens is 2. The van der Waals surface area contributed by atoms with E-state index in [1.165, 1.54) is 21.8 Å². The van der Waals surface area contributed by atoms with Gasteiger partial charge in [-0.05, 0) is 30.3 Å². The predicted molar refractivity (Wildman–Crippen MR) is 89.8 cm³/mol. The summed E-state index contributed by atoms with van der Waals surface area (Å²) in [6.07, 6.45) is -1.20. The third kappa shape index (κ3) is 3.40. The first-order valence-electron chi connectivity index (χ1n) is 7.59. The van der Waals surface area contributed by atoms with Crippen LogP contribution in [-0.4, -0.2) is 39.7 Å². The van der Waals surface area contributed by atoms with Gasteiger partial charge in [0.05, 0.1) is 11.4 Å². The van der Waals surface area contributed by atoms with Crippen molar-refractivity contribution >= 4 is 5.91 Å². The van der Waals surface area contributed by atoms with E-state index in [4.69, 9.17) is 0 Å². The number of carbonyl (C=O) groups excluding carboxylic acids is 1. The van der Waals surface area contributed by atoms with Crippen LogP contribution in [0.4, 0.5) is 8.78 Å². The monoisotopic (exact) mass is 342 g/mol. The Labute approximate surface area is 143 Å². The molecule has 1 amide bonds. The molecule has 5 nitrogen and oxygen atoms in total. The Morgan fingerprint density at radius 1 is 1.12 bits per heavy atom. The molecule has 1 aromatic carbocycles. The lowest BCUT2D eigenvalue weighted by Gasteiger charge is -2.11. The Bertz CT molecular complexity index is 891. The van der Waals surface area contributed by atoms with Gasteiger partial charge < -0.3 is 4.90 Å². The number of aromatic nitrogens is 3. The molecule has 2 heterocycles. The molecular formula is C18H16F2N4O. The molecule has 128 valence electrons. The number of carbonyl (C=O) groups is 1. The number of hydrogen-bond acceptors (Lipinski definition) is 3. The van der Waals surface area contributed by atoms with Crippen molar-refractivity contribution in [2.75, 3.05) is 14.1 Å². The van der Waals surface area contributed by atoms with Crippen LogP contribution < -0.4 is 0 Å². The molecule has 2 aromatic heterocycles. The fourth-order valence-electron chi connectivity index (χ4n) is 2.41. The number of benzene rings is 1. The summed E-state index contributed by atoms with van der Waals surface area (Å²) in [5.74, 6) is -0.262. The molecule has 0 saturated heterocycles. The summed E-state index contributed by atoms with van der Waals surface area (Å²) in [5, 5.41) is 4.02. The summed E-state index contributed by atoms with van der Waals surface area (Å²) in [6, 6.07) is 13.6. The van der Waals surface area contributed by atoms with Crippen molar-refractivity contribution in [3.8, 4) is 16.9 Å². The number of pyridine rings is 1. The SMILES string of the molecule is CN(C)C(=O)c1cc(-c2cc(C(F)F)nn2-c2ccccc2)ccn1. The van der Waals surface area contributed by atoms with Gasteiger partial charge in [-0.15, -0.1) is 0 Å². The zero-order valence-corrected chi connectivity index (χ0v) is 13.7. The molecule has 0 bridgehead atoms. The Kier molecular flexibility index (Phi) is 4.56. The van der Waals surface area contributed by atoms with Crippen LogP contribution in [0.5, 0.6) is 0 Å². The molecule has 0 N–H and O–H groups in total. The quantitative estimate of drug-likeness (QED) is 0.728. The van der Waals surface area contributed by atoms with E-state index in [1.807, 2.05) is 6.07 Å². The van der Waals surface area contributed by atoms with Crippen molar-refractivity contribution in [1.82, 2.24) is 19.7 Å². The fourth-order valence-corrected chi connectivity index (χ4v) is 2.41. The van der Waals surface area contributed by atoms with E-state index in [0.717, 1.165) is 0 Å². The summed E-state index contributed by atoms with van der Waals surface area (Å²) in [6.45, 7) is 0. The minimum absolute atomic E-state index is 0.238. The first kappa shape index (κ1) is 16.8. The van der Waals surface area contributed by atoms with Crippen LogP contribution in [0.2, 0.25) is 0 Å². The molecule has 3 rings (SSSR count). The Morgan fingerprint density at radius 3 is 2.48 bits per heavy atom. The van der Waals surface area contributed by atoms with Gasteiger partial charge in [0.15, 0.2) is 0 Å². The van der Waals surface area contributed by atoms with Crippen LogP contribution in [-0.2, 0) is 0 Å². The maximum Gasteiger partial charge on any atom is 0.282 e. The molecule has 0 fully saturated rings. The molecular weight excluding hydrogens is 326 g/mol. The predicted octanol–water partition coefficient (Wildman–Crippen LogP) is 3.57. The van der Waals surface area contributed by atoms with E-state index in [2.05, 4.69) is 10.1 Å². The molecule has 0 radical (unpaired) electrons. The number of para-hydroxylation sites is 1. The normalized spacial score (nSPS) is 10.9. The average Bonchev–Trinajstić information content (AvgIpc) is 3.07. The first-order chi connectivity index (χ1) is 12.0. The van der Waals surface area contributed by atoms with Gasteiger partial charge in [-0.2, -0.15) is 5.10 Å². The molecule has 0 atom stereocenters. The standard InChI is InChI=1S/C18H16F2N4O/c1-23(2)18(25)15-10-12(8-9-21-15)16-11-14(17(19)20)22-24(16)13-6-4-3-5-7-13/h3-11,17H,1-2H3. The van der Waals surface area contributed by atoms with Gasteiger partial charge in [0, 0.05) is 25.9 Å². The van der Waals surface area contributed by atoms with Gasteiger partial charge in [-0.3, -0.25) is 9.78 Å². The number of alkyl halides is 2. The Morgan fingerprint density at radius 2 is 1.84 bits per heavy atom. The van der Waals surface area contributed by atoms with Gasteiger partial charge in [0.1, 0.15) is 11.4 Å². The van der Waals surface area contributed by atoms with Crippen molar-refractivity contribution in [2.45, 2.75) is 6.43 Å². The van der Waals surface area contributed by atoms with E-state index >= 15 is 0 Å². The van der Waals surface area contributed by atoms with Crippen LogP contribution in [0.3, 0.4) is 0 Å². The summed E-state index contributed by atoms with van der Waals surface area (Å²) in [5.41, 5.74) is 1.62. The topological polar surface area (TPSA) is 51.0 Å².